The fourth-order valence-corrected chi connectivity index (χ4v) is 3.19. The molecule has 0 aliphatic carbocycles. The van der Waals surface area contributed by atoms with E-state index in [9.17, 15) is 4.39 Å². The molecule has 0 saturated heterocycles. The number of nitrogens with zero attached hydrogens (tertiary/aromatic N) is 3. The molecule has 8 heteroatoms. The van der Waals surface area contributed by atoms with Crippen LogP contribution in [0.5, 0.6) is 0 Å². The first kappa shape index (κ1) is 15.8. The molecule has 2 heterocycles. The largest absolute Gasteiger partial charge is 0.322 e. The fraction of sp³-hybridized carbons (Fsp3) is 0.133. The first-order valence-electron chi connectivity index (χ1n) is 6.82. The third kappa shape index (κ3) is 4.01. The maximum absolute atomic E-state index is 12.8. The highest BCUT2D eigenvalue weighted by Gasteiger charge is 2.17. The van der Waals surface area contributed by atoms with Crippen LogP contribution in [0.1, 0.15) is 17.3 Å². The van der Waals surface area contributed by atoms with Gasteiger partial charge in [0.15, 0.2) is 10.9 Å². The molecule has 118 valence electrons. The van der Waals surface area contributed by atoms with E-state index >= 15 is 0 Å². The van der Waals surface area contributed by atoms with Crippen molar-refractivity contribution < 1.29 is 4.39 Å². The highest BCUT2D eigenvalue weighted by Crippen LogP contribution is 2.33. The number of thiazole rings is 1. The number of hydrogen-bond donors (Lipinski definition) is 2. The molecule has 0 saturated carbocycles. The summed E-state index contributed by atoms with van der Waals surface area (Å²) in [6.07, 6.45) is 2.79. The van der Waals surface area contributed by atoms with E-state index < -0.39 is 5.82 Å². The third-order valence-corrected chi connectivity index (χ3v) is 4.30. The average molecular weight is 350 g/mol. The van der Waals surface area contributed by atoms with E-state index in [0.717, 1.165) is 18.0 Å². The van der Waals surface area contributed by atoms with Gasteiger partial charge in [0.1, 0.15) is 4.34 Å². The predicted molar refractivity (Wildman–Crippen MR) is 89.5 cm³/mol. The number of nitrogens with two attached hydrogens (primary N) is 1. The van der Waals surface area contributed by atoms with Crippen LogP contribution in [0.15, 0.2) is 42.7 Å². The van der Waals surface area contributed by atoms with Crippen molar-refractivity contribution in [1.82, 2.24) is 15.0 Å². The summed E-state index contributed by atoms with van der Waals surface area (Å²) in [5.74, 6) is -0.252. The van der Waals surface area contributed by atoms with Gasteiger partial charge in [-0.2, -0.15) is 0 Å². The Hall–Kier alpha value is -2.09. The Kier molecular flexibility index (Phi) is 4.80. The van der Waals surface area contributed by atoms with Crippen LogP contribution < -0.4 is 11.1 Å². The van der Waals surface area contributed by atoms with Crippen molar-refractivity contribution in [1.29, 1.82) is 0 Å². The van der Waals surface area contributed by atoms with Gasteiger partial charge in [-0.15, -0.1) is 0 Å². The van der Waals surface area contributed by atoms with Crippen molar-refractivity contribution in [2.75, 3.05) is 5.32 Å². The molecule has 0 aliphatic rings. The van der Waals surface area contributed by atoms with Crippen molar-refractivity contribution in [3.05, 3.63) is 64.1 Å². The molecule has 0 unspecified atom stereocenters. The van der Waals surface area contributed by atoms with Crippen LogP contribution in [0.3, 0.4) is 0 Å². The molecule has 0 radical (unpaired) electrons. The van der Waals surface area contributed by atoms with Gasteiger partial charge in [-0.25, -0.2) is 19.3 Å². The molecule has 1 atom stereocenters. The minimum absolute atomic E-state index is 0.250. The van der Waals surface area contributed by atoms with E-state index in [0.29, 0.717) is 21.6 Å². The number of hydrogen-bond acceptors (Lipinski definition) is 6. The molecule has 1 aromatic carbocycles. The van der Waals surface area contributed by atoms with Gasteiger partial charge in [-0.3, -0.25) is 5.32 Å². The van der Waals surface area contributed by atoms with E-state index in [1.165, 1.54) is 11.3 Å². The standard InChI is InChI=1S/C15H13ClFN5S/c16-13-12(11(18)6-9-4-2-1-3-5-9)21-15(23-13)22-14-19-7-10(17)8-20-14/h1-5,7-8,11H,6,18H2,(H,19,20,21,22)/t11-/m0/s1. The van der Waals surface area contributed by atoms with Crippen LogP contribution in [0.2, 0.25) is 4.34 Å². The highest BCUT2D eigenvalue weighted by molar-refractivity contribution is 7.19. The van der Waals surface area contributed by atoms with E-state index in [4.69, 9.17) is 17.3 Å². The van der Waals surface area contributed by atoms with Gasteiger partial charge in [-0.1, -0.05) is 53.3 Å². The first-order chi connectivity index (χ1) is 11.1. The minimum atomic E-state index is -0.502. The lowest BCUT2D eigenvalue weighted by Gasteiger charge is -2.09. The maximum Gasteiger partial charge on any atom is 0.229 e. The van der Waals surface area contributed by atoms with Gasteiger partial charge in [0.05, 0.1) is 24.1 Å². The summed E-state index contributed by atoms with van der Waals surface area (Å²) < 4.78 is 13.3. The van der Waals surface area contributed by atoms with Crippen molar-refractivity contribution in [3.63, 3.8) is 0 Å². The summed E-state index contributed by atoms with van der Waals surface area (Å²) >= 11 is 7.47. The summed E-state index contributed by atoms with van der Waals surface area (Å²) in [5, 5.41) is 3.40. The van der Waals surface area contributed by atoms with Crippen LogP contribution >= 0.6 is 22.9 Å². The lowest BCUT2D eigenvalue weighted by Crippen LogP contribution is -2.14. The highest BCUT2D eigenvalue weighted by atomic mass is 35.5. The first-order valence-corrected chi connectivity index (χ1v) is 8.01. The number of nitrogens with one attached hydrogen (secondary N) is 1. The molecule has 2 aromatic heterocycles. The van der Waals surface area contributed by atoms with E-state index in [1.54, 1.807) is 0 Å². The number of aromatic nitrogens is 3. The SMILES string of the molecule is N[C@@H](Cc1ccccc1)c1nc(Nc2ncc(F)cn2)sc1Cl. The molecule has 3 rings (SSSR count). The third-order valence-electron chi connectivity index (χ3n) is 3.10. The van der Waals surface area contributed by atoms with Crippen molar-refractivity contribution >= 4 is 34.0 Å². The molecule has 0 aliphatic heterocycles. The smallest absolute Gasteiger partial charge is 0.229 e. The Morgan fingerprint density at radius 3 is 2.61 bits per heavy atom. The summed E-state index contributed by atoms with van der Waals surface area (Å²) in [6.45, 7) is 0. The van der Waals surface area contributed by atoms with Gasteiger partial charge >= 0.3 is 0 Å². The van der Waals surface area contributed by atoms with Gasteiger partial charge in [0, 0.05) is 0 Å². The van der Waals surface area contributed by atoms with Crippen molar-refractivity contribution in [2.24, 2.45) is 5.73 Å². The molecule has 0 fully saturated rings. The van der Waals surface area contributed by atoms with Gasteiger partial charge in [0.2, 0.25) is 5.95 Å². The van der Waals surface area contributed by atoms with Crippen LogP contribution in [0, 0.1) is 5.82 Å². The molecular formula is C15H13ClFN5S. The van der Waals surface area contributed by atoms with Crippen LogP contribution in [-0.4, -0.2) is 15.0 Å². The normalized spacial score (nSPS) is 12.1. The zero-order chi connectivity index (χ0) is 16.2. The van der Waals surface area contributed by atoms with Crippen LogP contribution in [-0.2, 0) is 6.42 Å². The quantitative estimate of drug-likeness (QED) is 0.734. The minimum Gasteiger partial charge on any atom is -0.322 e. The molecule has 0 spiro atoms. The molecule has 3 N–H and O–H groups in total. The second-order valence-corrected chi connectivity index (χ2v) is 6.43. The van der Waals surface area contributed by atoms with Gasteiger partial charge in [-0.05, 0) is 12.0 Å². The maximum atomic E-state index is 12.8. The van der Waals surface area contributed by atoms with Crippen LogP contribution in [0.25, 0.3) is 0 Å². The van der Waals surface area contributed by atoms with E-state index in [-0.39, 0.29) is 12.0 Å². The topological polar surface area (TPSA) is 76.7 Å². The molecule has 3 aromatic rings. The Bertz CT molecular complexity index is 778. The molecule has 0 amide bonds. The fourth-order valence-electron chi connectivity index (χ4n) is 2.03. The number of rotatable bonds is 5. The average Bonchev–Trinajstić information content (AvgIpc) is 2.91. The Morgan fingerprint density at radius 1 is 1.22 bits per heavy atom. The second-order valence-electron chi connectivity index (χ2n) is 4.82. The predicted octanol–water partition coefficient (Wildman–Crippen LogP) is 3.71. The van der Waals surface area contributed by atoms with Crippen LogP contribution in [0.4, 0.5) is 15.5 Å². The summed E-state index contributed by atoms with van der Waals surface area (Å²) in [4.78, 5) is 12.0. The van der Waals surface area contributed by atoms with E-state index in [2.05, 4.69) is 20.3 Å². The molecule has 5 nitrogen and oxygen atoms in total. The monoisotopic (exact) mass is 349 g/mol. The Labute approximate surface area is 141 Å². The summed E-state index contributed by atoms with van der Waals surface area (Å²) in [6, 6.07) is 9.57. The second kappa shape index (κ2) is 6.99. The molecule has 23 heavy (non-hydrogen) atoms. The number of anilines is 2. The lowest BCUT2D eigenvalue weighted by molar-refractivity contribution is 0.614. The van der Waals surface area contributed by atoms with Crippen molar-refractivity contribution in [3.8, 4) is 0 Å². The number of halogens is 2. The molecule has 0 bridgehead atoms. The zero-order valence-electron chi connectivity index (χ0n) is 11.9. The zero-order valence-corrected chi connectivity index (χ0v) is 13.5. The van der Waals surface area contributed by atoms with E-state index in [1.807, 2.05) is 30.3 Å². The van der Waals surface area contributed by atoms with Crippen molar-refractivity contribution in [2.45, 2.75) is 12.5 Å². The van der Waals surface area contributed by atoms with Gasteiger partial charge in [0.25, 0.3) is 0 Å². The Morgan fingerprint density at radius 2 is 1.91 bits per heavy atom. The summed E-state index contributed by atoms with van der Waals surface area (Å²) in [5.41, 5.74) is 7.93. The molecular weight excluding hydrogens is 337 g/mol. The summed E-state index contributed by atoms with van der Waals surface area (Å²) in [7, 11) is 0. The van der Waals surface area contributed by atoms with Gasteiger partial charge < -0.3 is 5.73 Å². The lowest BCUT2D eigenvalue weighted by atomic mass is 10.1. The Balaban J connectivity index is 1.73. The number of benzene rings is 1.